The average Bonchev–Trinajstić information content (AvgIpc) is 3.37. The summed E-state index contributed by atoms with van der Waals surface area (Å²) in [6.45, 7) is 3.74. The predicted molar refractivity (Wildman–Crippen MR) is 151 cm³/mol. The van der Waals surface area contributed by atoms with Crippen LogP contribution in [0.5, 0.6) is 5.75 Å². The molecule has 1 aliphatic heterocycles. The number of carbonyl (C=O) groups excluding carboxylic acids is 1. The minimum atomic E-state index is 0.0397. The van der Waals surface area contributed by atoms with Gasteiger partial charge in [-0.2, -0.15) is 0 Å². The maximum atomic E-state index is 14.2. The van der Waals surface area contributed by atoms with Gasteiger partial charge in [0.05, 0.1) is 12.6 Å². The van der Waals surface area contributed by atoms with Crippen LogP contribution in [0.15, 0.2) is 97.1 Å². The first-order valence-corrected chi connectivity index (χ1v) is 13.6. The van der Waals surface area contributed by atoms with Crippen molar-refractivity contribution in [1.82, 2.24) is 9.80 Å². The standard InChI is InChI=1S/C34H34N2O2/c1-24-10-2-7-15-30(24)34-31-16-8-5-11-25(31)18-19-35(34)23-33(38)36(22-28-14-6-9-17-32(28)37)29-20-26-12-3-4-13-27(26)21-29/h2-17,29,34,37H,18-23H2,1H3. The van der Waals surface area contributed by atoms with E-state index >= 15 is 0 Å². The Kier molecular flexibility index (Phi) is 6.73. The van der Waals surface area contributed by atoms with E-state index in [1.165, 1.54) is 33.4 Å². The lowest BCUT2D eigenvalue weighted by Gasteiger charge is -2.39. The van der Waals surface area contributed by atoms with E-state index < -0.39 is 0 Å². The zero-order valence-electron chi connectivity index (χ0n) is 21.9. The molecule has 0 bridgehead atoms. The molecule has 1 unspecified atom stereocenters. The highest BCUT2D eigenvalue weighted by Crippen LogP contribution is 2.37. The second-order valence-corrected chi connectivity index (χ2v) is 10.7. The summed E-state index contributed by atoms with van der Waals surface area (Å²) in [5.41, 5.74) is 8.57. The van der Waals surface area contributed by atoms with Crippen LogP contribution in [0.2, 0.25) is 0 Å². The second-order valence-electron chi connectivity index (χ2n) is 10.7. The predicted octanol–water partition coefficient (Wildman–Crippen LogP) is 5.84. The Morgan fingerprint density at radius 2 is 1.42 bits per heavy atom. The molecule has 0 spiro atoms. The molecule has 0 fully saturated rings. The quantitative estimate of drug-likeness (QED) is 0.360. The molecular weight excluding hydrogens is 468 g/mol. The molecule has 6 rings (SSSR count). The van der Waals surface area contributed by atoms with Gasteiger partial charge in [-0.3, -0.25) is 9.69 Å². The van der Waals surface area contributed by atoms with Gasteiger partial charge < -0.3 is 10.0 Å². The fourth-order valence-corrected chi connectivity index (χ4v) is 6.32. The van der Waals surface area contributed by atoms with Crippen LogP contribution in [0.1, 0.15) is 45.0 Å². The third-order valence-corrected chi connectivity index (χ3v) is 8.33. The van der Waals surface area contributed by atoms with E-state index in [0.717, 1.165) is 31.4 Å². The number of phenols is 1. The minimum absolute atomic E-state index is 0.0397. The number of aromatic hydroxyl groups is 1. The van der Waals surface area contributed by atoms with Gasteiger partial charge in [0.15, 0.2) is 0 Å². The monoisotopic (exact) mass is 502 g/mol. The molecule has 4 aromatic rings. The highest BCUT2D eigenvalue weighted by Gasteiger charge is 2.35. The zero-order chi connectivity index (χ0) is 26.1. The molecule has 0 saturated heterocycles. The van der Waals surface area contributed by atoms with Gasteiger partial charge in [-0.15, -0.1) is 0 Å². The maximum absolute atomic E-state index is 14.2. The van der Waals surface area contributed by atoms with E-state index in [1.807, 2.05) is 23.1 Å². The number of aryl methyl sites for hydroxylation is 1. The van der Waals surface area contributed by atoms with Gasteiger partial charge in [-0.05, 0) is 65.6 Å². The van der Waals surface area contributed by atoms with E-state index in [1.54, 1.807) is 6.07 Å². The number of carbonyl (C=O) groups is 1. The van der Waals surface area contributed by atoms with Crippen molar-refractivity contribution in [1.29, 1.82) is 0 Å². The highest BCUT2D eigenvalue weighted by atomic mass is 16.3. The SMILES string of the molecule is Cc1ccccc1C1c2ccccc2CCN1CC(=O)N(Cc1ccccc1O)C1Cc2ccccc2C1. The largest absolute Gasteiger partial charge is 0.508 e. The molecule has 1 N–H and O–H groups in total. The first kappa shape index (κ1) is 24.4. The van der Waals surface area contributed by atoms with Gasteiger partial charge in [0, 0.05) is 24.7 Å². The number of nitrogens with zero attached hydrogens (tertiary/aromatic N) is 2. The molecule has 4 nitrogen and oxygen atoms in total. The second kappa shape index (κ2) is 10.5. The van der Waals surface area contributed by atoms with Crippen molar-refractivity contribution >= 4 is 5.91 Å². The van der Waals surface area contributed by atoms with Crippen LogP contribution in [-0.4, -0.2) is 39.9 Å². The van der Waals surface area contributed by atoms with Crippen molar-refractivity contribution in [2.24, 2.45) is 0 Å². The fraction of sp³-hybridized carbons (Fsp3) is 0.265. The van der Waals surface area contributed by atoms with E-state index in [9.17, 15) is 9.90 Å². The topological polar surface area (TPSA) is 43.8 Å². The summed E-state index contributed by atoms with van der Waals surface area (Å²) in [6, 6.07) is 33.2. The van der Waals surface area contributed by atoms with Gasteiger partial charge in [-0.1, -0.05) is 91.0 Å². The lowest BCUT2D eigenvalue weighted by molar-refractivity contribution is -0.135. The van der Waals surface area contributed by atoms with Gasteiger partial charge in [-0.25, -0.2) is 0 Å². The average molecular weight is 503 g/mol. The summed E-state index contributed by atoms with van der Waals surface area (Å²) in [7, 11) is 0. The Labute approximate surface area is 225 Å². The van der Waals surface area contributed by atoms with Crippen molar-refractivity contribution in [2.45, 2.75) is 44.8 Å². The zero-order valence-corrected chi connectivity index (χ0v) is 21.9. The summed E-state index contributed by atoms with van der Waals surface area (Å²) in [6.07, 6.45) is 2.62. The van der Waals surface area contributed by atoms with Crippen molar-refractivity contribution < 1.29 is 9.90 Å². The van der Waals surface area contributed by atoms with Gasteiger partial charge in [0.25, 0.3) is 0 Å². The van der Waals surface area contributed by atoms with Gasteiger partial charge in [0.2, 0.25) is 5.91 Å². The number of para-hydroxylation sites is 1. The lowest BCUT2D eigenvalue weighted by Crippen LogP contribution is -2.48. The Bertz CT molecular complexity index is 1440. The van der Waals surface area contributed by atoms with E-state index in [0.29, 0.717) is 13.1 Å². The molecule has 0 saturated carbocycles. The number of hydrogen-bond donors (Lipinski definition) is 1. The van der Waals surface area contributed by atoms with Gasteiger partial charge in [0.1, 0.15) is 5.75 Å². The van der Waals surface area contributed by atoms with Crippen LogP contribution in [0.4, 0.5) is 0 Å². The van der Waals surface area contributed by atoms with Crippen LogP contribution in [0, 0.1) is 6.92 Å². The lowest BCUT2D eigenvalue weighted by atomic mass is 9.86. The summed E-state index contributed by atoms with van der Waals surface area (Å²) >= 11 is 0. The molecule has 1 atom stereocenters. The first-order chi connectivity index (χ1) is 18.6. The van der Waals surface area contributed by atoms with Crippen molar-refractivity contribution in [3.8, 4) is 5.75 Å². The maximum Gasteiger partial charge on any atom is 0.237 e. The third kappa shape index (κ3) is 4.72. The Balaban J connectivity index is 1.32. The van der Waals surface area contributed by atoms with Crippen LogP contribution in [0.25, 0.3) is 0 Å². The molecule has 2 aliphatic rings. The molecule has 4 heteroatoms. The molecule has 1 aliphatic carbocycles. The Hall–Kier alpha value is -3.89. The molecule has 1 amide bonds. The van der Waals surface area contributed by atoms with E-state index in [2.05, 4.69) is 84.6 Å². The van der Waals surface area contributed by atoms with E-state index in [4.69, 9.17) is 0 Å². The van der Waals surface area contributed by atoms with Crippen molar-refractivity contribution in [3.05, 3.63) is 136 Å². The molecule has 4 aromatic carbocycles. The number of amides is 1. The van der Waals surface area contributed by atoms with Crippen LogP contribution in [0.3, 0.4) is 0 Å². The molecule has 192 valence electrons. The smallest absolute Gasteiger partial charge is 0.237 e. The van der Waals surface area contributed by atoms with Gasteiger partial charge >= 0.3 is 0 Å². The minimum Gasteiger partial charge on any atom is -0.508 e. The Morgan fingerprint density at radius 3 is 2.13 bits per heavy atom. The molecule has 0 aromatic heterocycles. The first-order valence-electron chi connectivity index (χ1n) is 13.6. The summed E-state index contributed by atoms with van der Waals surface area (Å²) < 4.78 is 0. The van der Waals surface area contributed by atoms with Crippen LogP contribution >= 0.6 is 0 Å². The number of fused-ring (bicyclic) bond motifs is 2. The molecule has 0 radical (unpaired) electrons. The summed E-state index contributed by atoms with van der Waals surface area (Å²) in [4.78, 5) is 18.6. The number of hydrogen-bond acceptors (Lipinski definition) is 3. The number of benzene rings is 4. The van der Waals surface area contributed by atoms with Crippen molar-refractivity contribution in [2.75, 3.05) is 13.1 Å². The Morgan fingerprint density at radius 1 is 0.816 bits per heavy atom. The number of rotatable bonds is 6. The fourth-order valence-electron chi connectivity index (χ4n) is 6.32. The summed E-state index contributed by atoms with van der Waals surface area (Å²) in [5.74, 6) is 0.356. The normalized spacial score (nSPS) is 17.1. The van der Waals surface area contributed by atoms with Crippen molar-refractivity contribution in [3.63, 3.8) is 0 Å². The molecule has 38 heavy (non-hydrogen) atoms. The van der Waals surface area contributed by atoms with Crippen LogP contribution < -0.4 is 0 Å². The van der Waals surface area contributed by atoms with E-state index in [-0.39, 0.29) is 23.7 Å². The van der Waals surface area contributed by atoms with Crippen LogP contribution in [-0.2, 0) is 30.6 Å². The molecule has 1 heterocycles. The summed E-state index contributed by atoms with van der Waals surface area (Å²) in [5, 5.41) is 10.6. The third-order valence-electron chi connectivity index (χ3n) is 8.33. The number of phenolic OH excluding ortho intramolecular Hbond substituents is 1. The molecular formula is C34H34N2O2. The highest BCUT2D eigenvalue weighted by molar-refractivity contribution is 5.79.